The Morgan fingerprint density at radius 3 is 2.69 bits per heavy atom. The topological polar surface area (TPSA) is 26.3 Å². The molecule has 0 saturated heterocycles. The van der Waals surface area contributed by atoms with Crippen molar-refractivity contribution in [2.24, 2.45) is 0 Å². The Kier molecular flexibility index (Phi) is 8.67. The molecule has 0 aliphatic rings. The predicted octanol–water partition coefficient (Wildman–Crippen LogP) is 3.30. The fourth-order valence-electron chi connectivity index (χ4n) is 1.06. The zero-order chi connectivity index (χ0) is 10.1. The molecule has 1 unspecified atom stereocenters. The number of hydrogen-bond acceptors (Lipinski definition) is 2. The van der Waals surface area contributed by atoms with Gasteiger partial charge < -0.3 is 4.74 Å². The van der Waals surface area contributed by atoms with E-state index in [1.54, 1.807) is 0 Å². The van der Waals surface area contributed by atoms with E-state index in [0.29, 0.717) is 6.42 Å². The van der Waals surface area contributed by atoms with Gasteiger partial charge in [-0.3, -0.25) is 4.79 Å². The van der Waals surface area contributed by atoms with E-state index in [9.17, 15) is 4.79 Å². The molecule has 0 aromatic heterocycles. The second-order valence-electron chi connectivity index (χ2n) is 2.90. The summed E-state index contributed by atoms with van der Waals surface area (Å²) in [6.45, 7) is 2.09. The summed E-state index contributed by atoms with van der Waals surface area (Å²) in [5, 5.41) is 0.189. The van der Waals surface area contributed by atoms with Crippen molar-refractivity contribution in [3.63, 3.8) is 0 Å². The Bertz CT molecular complexity index is 140. The zero-order valence-electron chi connectivity index (χ0n) is 7.89. The summed E-state index contributed by atoms with van der Waals surface area (Å²) in [6.07, 6.45) is 4.16. The quantitative estimate of drug-likeness (QED) is 0.492. The molecule has 1 atom stereocenters. The van der Waals surface area contributed by atoms with Crippen LogP contribution in [0.1, 0.15) is 39.0 Å². The van der Waals surface area contributed by atoms with Gasteiger partial charge in [-0.05, 0) is 19.3 Å². The van der Waals surface area contributed by atoms with Crippen molar-refractivity contribution in [2.75, 3.05) is 6.07 Å². The largest absolute Gasteiger partial charge is 0.449 e. The third-order valence-corrected chi connectivity index (χ3v) is 2.26. The van der Waals surface area contributed by atoms with Crippen molar-refractivity contribution in [3.8, 4) is 0 Å². The standard InChI is InChI=1S/C9H16Cl2O2/c1-2-4-8(11)5-3-6-9(12)13-7-10/h8H,2-7H2,1H3. The SMILES string of the molecule is CCCC(Cl)CCCC(=O)OCCl. The smallest absolute Gasteiger partial charge is 0.306 e. The van der Waals surface area contributed by atoms with Crippen molar-refractivity contribution in [1.82, 2.24) is 0 Å². The molecule has 0 aromatic carbocycles. The van der Waals surface area contributed by atoms with Gasteiger partial charge in [-0.1, -0.05) is 24.9 Å². The molecule has 13 heavy (non-hydrogen) atoms. The molecule has 0 fully saturated rings. The first-order valence-corrected chi connectivity index (χ1v) is 5.53. The van der Waals surface area contributed by atoms with E-state index in [2.05, 4.69) is 11.7 Å². The maximum absolute atomic E-state index is 10.8. The van der Waals surface area contributed by atoms with E-state index < -0.39 is 0 Å². The molecule has 0 aromatic rings. The van der Waals surface area contributed by atoms with E-state index in [1.165, 1.54) is 0 Å². The first kappa shape index (κ1) is 13.1. The van der Waals surface area contributed by atoms with Gasteiger partial charge in [0.15, 0.2) is 6.07 Å². The third kappa shape index (κ3) is 8.38. The molecule has 0 N–H and O–H groups in total. The van der Waals surface area contributed by atoms with Crippen molar-refractivity contribution in [2.45, 2.75) is 44.4 Å². The van der Waals surface area contributed by atoms with Gasteiger partial charge in [0.25, 0.3) is 0 Å². The number of carbonyl (C=O) groups excluding carboxylic acids is 1. The van der Waals surface area contributed by atoms with Crippen LogP contribution in [0.25, 0.3) is 0 Å². The summed E-state index contributed by atoms with van der Waals surface area (Å²) in [7, 11) is 0. The van der Waals surface area contributed by atoms with E-state index in [4.69, 9.17) is 23.2 Å². The minimum absolute atomic E-state index is 0.0574. The maximum Gasteiger partial charge on any atom is 0.306 e. The van der Waals surface area contributed by atoms with Crippen LogP contribution in [0.15, 0.2) is 0 Å². The molecule has 2 nitrogen and oxygen atoms in total. The highest BCUT2D eigenvalue weighted by Gasteiger charge is 2.06. The highest BCUT2D eigenvalue weighted by molar-refractivity contribution is 6.20. The lowest BCUT2D eigenvalue weighted by atomic mass is 10.1. The second kappa shape index (κ2) is 8.64. The monoisotopic (exact) mass is 226 g/mol. The molecule has 0 saturated carbocycles. The van der Waals surface area contributed by atoms with Gasteiger partial charge in [0.1, 0.15) is 0 Å². The van der Waals surface area contributed by atoms with Crippen LogP contribution < -0.4 is 0 Å². The van der Waals surface area contributed by atoms with Crippen LogP contribution in [0.3, 0.4) is 0 Å². The molecule has 0 radical (unpaired) electrons. The normalized spacial score (nSPS) is 12.5. The molecule has 0 amide bonds. The number of esters is 1. The molecule has 0 aliphatic heterocycles. The van der Waals surface area contributed by atoms with Crippen LogP contribution in [0.4, 0.5) is 0 Å². The minimum atomic E-state index is -0.240. The lowest BCUT2D eigenvalue weighted by Gasteiger charge is -2.06. The Labute approximate surface area is 89.5 Å². The number of carbonyl (C=O) groups is 1. The Morgan fingerprint density at radius 1 is 1.46 bits per heavy atom. The average molecular weight is 227 g/mol. The average Bonchev–Trinajstić information content (AvgIpc) is 2.05. The fraction of sp³-hybridized carbons (Fsp3) is 0.889. The summed E-state index contributed by atoms with van der Waals surface area (Å²) >= 11 is 11.2. The van der Waals surface area contributed by atoms with Crippen LogP contribution in [-0.2, 0) is 9.53 Å². The van der Waals surface area contributed by atoms with Gasteiger partial charge in [0.05, 0.1) is 0 Å². The number of alkyl halides is 2. The summed E-state index contributed by atoms with van der Waals surface area (Å²) < 4.78 is 4.57. The molecular weight excluding hydrogens is 211 g/mol. The van der Waals surface area contributed by atoms with Crippen LogP contribution in [0.5, 0.6) is 0 Å². The van der Waals surface area contributed by atoms with Gasteiger partial charge in [0, 0.05) is 11.8 Å². The zero-order valence-corrected chi connectivity index (χ0v) is 9.40. The highest BCUT2D eigenvalue weighted by atomic mass is 35.5. The minimum Gasteiger partial charge on any atom is -0.449 e. The molecule has 0 heterocycles. The maximum atomic E-state index is 10.8. The lowest BCUT2D eigenvalue weighted by molar-refractivity contribution is -0.141. The number of rotatable bonds is 7. The van der Waals surface area contributed by atoms with E-state index in [0.717, 1.165) is 25.7 Å². The van der Waals surface area contributed by atoms with Gasteiger partial charge in [-0.15, -0.1) is 11.6 Å². The van der Waals surface area contributed by atoms with Crippen LogP contribution >= 0.6 is 23.2 Å². The Hall–Kier alpha value is 0.0500. The highest BCUT2D eigenvalue weighted by Crippen LogP contribution is 2.13. The van der Waals surface area contributed by atoms with Crippen LogP contribution in [0.2, 0.25) is 0 Å². The predicted molar refractivity (Wildman–Crippen MR) is 55.2 cm³/mol. The van der Waals surface area contributed by atoms with Crippen LogP contribution in [-0.4, -0.2) is 17.4 Å². The van der Waals surface area contributed by atoms with E-state index in [-0.39, 0.29) is 17.4 Å². The first-order valence-electron chi connectivity index (χ1n) is 4.56. The lowest BCUT2D eigenvalue weighted by Crippen LogP contribution is -2.04. The summed E-state index contributed by atoms with van der Waals surface area (Å²) in [5.41, 5.74) is 0. The molecule has 4 heteroatoms. The van der Waals surface area contributed by atoms with Gasteiger partial charge in [-0.25, -0.2) is 0 Å². The van der Waals surface area contributed by atoms with Gasteiger partial charge in [-0.2, -0.15) is 0 Å². The fourth-order valence-corrected chi connectivity index (χ4v) is 1.55. The first-order chi connectivity index (χ1) is 6.20. The molecule has 0 aliphatic carbocycles. The van der Waals surface area contributed by atoms with Crippen molar-refractivity contribution >= 4 is 29.2 Å². The van der Waals surface area contributed by atoms with Crippen LogP contribution in [0, 0.1) is 0 Å². The van der Waals surface area contributed by atoms with Crippen molar-refractivity contribution < 1.29 is 9.53 Å². The molecule has 0 bridgehead atoms. The molecule has 78 valence electrons. The number of hydrogen-bond donors (Lipinski definition) is 0. The summed E-state index contributed by atoms with van der Waals surface area (Å²) in [4.78, 5) is 10.8. The summed E-state index contributed by atoms with van der Waals surface area (Å²) in [6, 6.07) is -0.0574. The Balaban J connectivity index is 3.28. The van der Waals surface area contributed by atoms with Crippen molar-refractivity contribution in [3.05, 3.63) is 0 Å². The Morgan fingerprint density at radius 2 is 2.15 bits per heavy atom. The summed E-state index contributed by atoms with van der Waals surface area (Å²) in [5.74, 6) is -0.240. The van der Waals surface area contributed by atoms with E-state index in [1.807, 2.05) is 0 Å². The van der Waals surface area contributed by atoms with Crippen molar-refractivity contribution in [1.29, 1.82) is 0 Å². The van der Waals surface area contributed by atoms with Gasteiger partial charge in [0.2, 0.25) is 0 Å². The number of ether oxygens (including phenoxy) is 1. The second-order valence-corrected chi connectivity index (χ2v) is 3.74. The van der Waals surface area contributed by atoms with E-state index >= 15 is 0 Å². The number of halogens is 2. The molecule has 0 spiro atoms. The van der Waals surface area contributed by atoms with Gasteiger partial charge >= 0.3 is 5.97 Å². The third-order valence-electron chi connectivity index (χ3n) is 1.72. The molecular formula is C9H16Cl2O2. The molecule has 0 rings (SSSR count).